The van der Waals surface area contributed by atoms with E-state index < -0.39 is 0 Å². The maximum absolute atomic E-state index is 12.2. The normalized spacial score (nSPS) is 13.1. The van der Waals surface area contributed by atoms with Crippen LogP contribution in [-0.2, 0) is 16.0 Å². The van der Waals surface area contributed by atoms with Gasteiger partial charge in [-0.05, 0) is 36.6 Å². The van der Waals surface area contributed by atoms with Crippen molar-refractivity contribution in [2.75, 3.05) is 25.0 Å². The highest BCUT2D eigenvalue weighted by atomic mass is 16.2. The van der Waals surface area contributed by atoms with Crippen molar-refractivity contribution in [2.24, 2.45) is 0 Å². The van der Waals surface area contributed by atoms with Gasteiger partial charge in [0, 0.05) is 19.3 Å². The summed E-state index contributed by atoms with van der Waals surface area (Å²) in [4.78, 5) is 26.8. The molecule has 0 bridgehead atoms. The highest BCUT2D eigenvalue weighted by molar-refractivity contribution is 5.99. The van der Waals surface area contributed by atoms with Crippen molar-refractivity contribution >= 4 is 17.5 Å². The molecule has 1 aliphatic heterocycles. The number of carbonyl (C=O) groups excluding carboxylic acids is 2. The molecule has 1 aromatic carbocycles. The minimum Gasteiger partial charge on any atom is -0.333 e. The number of amides is 2. The van der Waals surface area contributed by atoms with Crippen LogP contribution in [0.1, 0.15) is 11.1 Å². The minimum absolute atomic E-state index is 0.0537. The van der Waals surface area contributed by atoms with Crippen molar-refractivity contribution in [1.82, 2.24) is 4.90 Å². The number of anilines is 1. The van der Waals surface area contributed by atoms with Crippen molar-refractivity contribution in [3.8, 4) is 0 Å². The molecular weight excluding hydrogens is 240 g/mol. The Kier molecular flexibility index (Phi) is 3.69. The van der Waals surface area contributed by atoms with E-state index >= 15 is 0 Å². The summed E-state index contributed by atoms with van der Waals surface area (Å²) in [5.41, 5.74) is 3.30. The summed E-state index contributed by atoms with van der Waals surface area (Å²) in [6, 6.07) is 6.15. The molecule has 2 amide bonds. The molecule has 0 aromatic heterocycles. The molecule has 0 N–H and O–H groups in total. The number of likely N-dealkylation sites (N-methyl/N-ethyl adjacent to an activating group) is 1. The number of hydrogen-bond donors (Lipinski definition) is 0. The number of benzene rings is 1. The number of nitrogens with zero attached hydrogens (tertiary/aromatic N) is 2. The van der Waals surface area contributed by atoms with Crippen LogP contribution in [0, 0.1) is 6.92 Å². The zero-order valence-electron chi connectivity index (χ0n) is 11.3. The number of carbonyl (C=O) groups is 2. The van der Waals surface area contributed by atoms with E-state index in [1.165, 1.54) is 16.5 Å². The first kappa shape index (κ1) is 13.3. The Hall–Kier alpha value is -2.10. The quantitative estimate of drug-likeness (QED) is 0.771. The predicted molar refractivity (Wildman–Crippen MR) is 75.1 cm³/mol. The second kappa shape index (κ2) is 5.26. The molecule has 1 aromatic rings. The van der Waals surface area contributed by atoms with Gasteiger partial charge in [-0.25, -0.2) is 0 Å². The standard InChI is InChI=1S/C15H18N2O2/c1-4-14(18)16(3)10-15(19)17-8-7-12-6-5-11(2)9-13(12)17/h4-6,9H,1,7-8,10H2,2-3H3. The molecular formula is C15H18N2O2. The van der Waals surface area contributed by atoms with Crippen LogP contribution in [0.5, 0.6) is 0 Å². The second-order valence-corrected chi connectivity index (χ2v) is 4.83. The fourth-order valence-corrected chi connectivity index (χ4v) is 2.27. The van der Waals surface area contributed by atoms with Crippen LogP contribution in [0.25, 0.3) is 0 Å². The van der Waals surface area contributed by atoms with E-state index in [9.17, 15) is 9.59 Å². The van der Waals surface area contributed by atoms with E-state index in [0.29, 0.717) is 6.54 Å². The van der Waals surface area contributed by atoms with Crippen molar-refractivity contribution in [1.29, 1.82) is 0 Å². The van der Waals surface area contributed by atoms with Gasteiger partial charge >= 0.3 is 0 Å². The Morgan fingerprint density at radius 3 is 2.89 bits per heavy atom. The lowest BCUT2D eigenvalue weighted by molar-refractivity contribution is -0.130. The van der Waals surface area contributed by atoms with E-state index in [4.69, 9.17) is 0 Å². The predicted octanol–water partition coefficient (Wildman–Crippen LogP) is 1.53. The first-order valence-electron chi connectivity index (χ1n) is 6.30. The molecule has 2 rings (SSSR count). The molecule has 0 aliphatic carbocycles. The maximum atomic E-state index is 12.2. The lowest BCUT2D eigenvalue weighted by Crippen LogP contribution is -2.40. The van der Waals surface area contributed by atoms with E-state index in [1.54, 1.807) is 11.9 Å². The van der Waals surface area contributed by atoms with Gasteiger partial charge in [-0.2, -0.15) is 0 Å². The monoisotopic (exact) mass is 258 g/mol. The van der Waals surface area contributed by atoms with E-state index in [1.807, 2.05) is 13.0 Å². The number of rotatable bonds is 3. The highest BCUT2D eigenvalue weighted by Gasteiger charge is 2.25. The van der Waals surface area contributed by atoms with Crippen LogP contribution in [0.15, 0.2) is 30.9 Å². The first-order valence-corrected chi connectivity index (χ1v) is 6.30. The summed E-state index contributed by atoms with van der Waals surface area (Å²) in [7, 11) is 1.61. The van der Waals surface area contributed by atoms with Crippen molar-refractivity contribution in [3.63, 3.8) is 0 Å². The van der Waals surface area contributed by atoms with Gasteiger partial charge in [-0.15, -0.1) is 0 Å². The largest absolute Gasteiger partial charge is 0.333 e. The van der Waals surface area contributed by atoms with Crippen LogP contribution in [0.2, 0.25) is 0 Å². The summed E-state index contributed by atoms with van der Waals surface area (Å²) < 4.78 is 0. The Bertz CT molecular complexity index is 537. The van der Waals surface area contributed by atoms with Crippen molar-refractivity contribution in [2.45, 2.75) is 13.3 Å². The number of fused-ring (bicyclic) bond motifs is 1. The highest BCUT2D eigenvalue weighted by Crippen LogP contribution is 2.28. The molecule has 0 spiro atoms. The lowest BCUT2D eigenvalue weighted by Gasteiger charge is -2.21. The fourth-order valence-electron chi connectivity index (χ4n) is 2.27. The summed E-state index contributed by atoms with van der Waals surface area (Å²) in [5, 5.41) is 0. The SMILES string of the molecule is C=CC(=O)N(C)CC(=O)N1CCc2ccc(C)cc21. The van der Waals surface area contributed by atoms with Gasteiger partial charge < -0.3 is 9.80 Å². The Balaban J connectivity index is 2.13. The third kappa shape index (κ3) is 2.67. The second-order valence-electron chi connectivity index (χ2n) is 4.83. The topological polar surface area (TPSA) is 40.6 Å². The zero-order valence-corrected chi connectivity index (χ0v) is 11.3. The molecule has 0 unspecified atom stereocenters. The number of aryl methyl sites for hydroxylation is 1. The van der Waals surface area contributed by atoms with Gasteiger partial charge in [0.05, 0.1) is 0 Å². The summed E-state index contributed by atoms with van der Waals surface area (Å²) >= 11 is 0. The van der Waals surface area contributed by atoms with Gasteiger partial charge in [0.1, 0.15) is 6.54 Å². The summed E-state index contributed by atoms with van der Waals surface area (Å²) in [6.45, 7) is 6.20. The molecule has 0 fully saturated rings. The van der Waals surface area contributed by atoms with Gasteiger partial charge in [0.2, 0.25) is 11.8 Å². The van der Waals surface area contributed by atoms with E-state index in [-0.39, 0.29) is 18.4 Å². The average Bonchev–Trinajstić information content (AvgIpc) is 2.80. The van der Waals surface area contributed by atoms with E-state index in [2.05, 4.69) is 18.7 Å². The van der Waals surface area contributed by atoms with Crippen LogP contribution in [-0.4, -0.2) is 36.9 Å². The minimum atomic E-state index is -0.239. The lowest BCUT2D eigenvalue weighted by atomic mass is 10.1. The average molecular weight is 258 g/mol. The van der Waals surface area contributed by atoms with Gasteiger partial charge in [0.25, 0.3) is 0 Å². The number of hydrogen-bond acceptors (Lipinski definition) is 2. The molecule has 4 heteroatoms. The molecule has 1 aliphatic rings. The molecule has 0 atom stereocenters. The molecule has 0 saturated carbocycles. The van der Waals surface area contributed by atoms with Gasteiger partial charge in [-0.3, -0.25) is 9.59 Å². The Morgan fingerprint density at radius 1 is 1.47 bits per heavy atom. The summed E-state index contributed by atoms with van der Waals surface area (Å²) in [6.07, 6.45) is 2.09. The third-order valence-electron chi connectivity index (χ3n) is 3.36. The third-order valence-corrected chi connectivity index (χ3v) is 3.36. The summed E-state index contributed by atoms with van der Waals surface area (Å²) in [5.74, 6) is -0.293. The van der Waals surface area contributed by atoms with Gasteiger partial charge in [0.15, 0.2) is 0 Å². The molecule has 100 valence electrons. The Morgan fingerprint density at radius 2 is 2.21 bits per heavy atom. The van der Waals surface area contributed by atoms with E-state index in [0.717, 1.165) is 17.7 Å². The van der Waals surface area contributed by atoms with Crippen LogP contribution in [0.3, 0.4) is 0 Å². The van der Waals surface area contributed by atoms with Crippen LogP contribution < -0.4 is 4.90 Å². The first-order chi connectivity index (χ1) is 9.02. The molecule has 1 heterocycles. The molecule has 0 radical (unpaired) electrons. The fraction of sp³-hybridized carbons (Fsp3) is 0.333. The maximum Gasteiger partial charge on any atom is 0.246 e. The smallest absolute Gasteiger partial charge is 0.246 e. The molecule has 4 nitrogen and oxygen atoms in total. The Labute approximate surface area is 113 Å². The molecule has 19 heavy (non-hydrogen) atoms. The van der Waals surface area contributed by atoms with Crippen molar-refractivity contribution in [3.05, 3.63) is 42.0 Å². The van der Waals surface area contributed by atoms with Crippen molar-refractivity contribution < 1.29 is 9.59 Å². The van der Waals surface area contributed by atoms with Crippen LogP contribution in [0.4, 0.5) is 5.69 Å². The zero-order chi connectivity index (χ0) is 14.0. The van der Waals surface area contributed by atoms with Crippen LogP contribution >= 0.6 is 0 Å². The van der Waals surface area contributed by atoms with Gasteiger partial charge in [-0.1, -0.05) is 18.7 Å². The molecule has 0 saturated heterocycles.